The summed E-state index contributed by atoms with van der Waals surface area (Å²) in [5, 5.41) is 9.58. The quantitative estimate of drug-likeness (QED) is 0.859. The first kappa shape index (κ1) is 18.1. The number of hydrogen-bond donors (Lipinski definition) is 1. The summed E-state index contributed by atoms with van der Waals surface area (Å²) >= 11 is 0. The molecule has 130 valence electrons. The molecule has 0 radical (unpaired) electrons. The van der Waals surface area contributed by atoms with E-state index in [9.17, 15) is 23.1 Å². The molecule has 0 saturated heterocycles. The van der Waals surface area contributed by atoms with Crippen molar-refractivity contribution in [1.29, 1.82) is 0 Å². The van der Waals surface area contributed by atoms with E-state index in [0.29, 0.717) is 24.1 Å². The number of alkyl halides is 3. The van der Waals surface area contributed by atoms with Crippen LogP contribution in [-0.4, -0.2) is 15.6 Å². The minimum absolute atomic E-state index is 0.0657. The van der Waals surface area contributed by atoms with Gasteiger partial charge in [0.25, 0.3) is 0 Å². The van der Waals surface area contributed by atoms with Crippen molar-refractivity contribution in [3.63, 3.8) is 0 Å². The van der Waals surface area contributed by atoms with E-state index < -0.39 is 17.7 Å². The third-order valence-electron chi connectivity index (χ3n) is 4.32. The third kappa shape index (κ3) is 3.18. The number of carboxylic acid groups (broad SMARTS) is 1. The highest BCUT2D eigenvalue weighted by Gasteiger charge is 2.33. The fourth-order valence-electron chi connectivity index (χ4n) is 3.25. The largest absolute Gasteiger partial charge is 0.477 e. The lowest BCUT2D eigenvalue weighted by Crippen LogP contribution is -2.16. The van der Waals surface area contributed by atoms with Gasteiger partial charge in [0.05, 0.1) is 5.56 Å². The average Bonchev–Trinajstić information content (AvgIpc) is 2.78. The lowest BCUT2D eigenvalue weighted by atomic mass is 10.0. The molecule has 0 atom stereocenters. The lowest BCUT2D eigenvalue weighted by Gasteiger charge is -2.15. The van der Waals surface area contributed by atoms with Crippen molar-refractivity contribution in [2.45, 2.75) is 46.3 Å². The van der Waals surface area contributed by atoms with Crippen molar-refractivity contribution in [1.82, 2.24) is 4.57 Å². The molecule has 1 aromatic carbocycles. The molecule has 3 nitrogen and oxygen atoms in total. The molecule has 2 rings (SSSR count). The van der Waals surface area contributed by atoms with Crippen LogP contribution in [0, 0.1) is 6.92 Å². The van der Waals surface area contributed by atoms with Gasteiger partial charge in [-0.05, 0) is 42.5 Å². The summed E-state index contributed by atoms with van der Waals surface area (Å²) in [6.45, 7) is 5.42. The van der Waals surface area contributed by atoms with Gasteiger partial charge < -0.3 is 9.67 Å². The monoisotopic (exact) mass is 339 g/mol. The van der Waals surface area contributed by atoms with Gasteiger partial charge in [-0.1, -0.05) is 32.0 Å². The first-order chi connectivity index (χ1) is 11.2. The van der Waals surface area contributed by atoms with E-state index >= 15 is 0 Å². The van der Waals surface area contributed by atoms with Crippen molar-refractivity contribution >= 4 is 5.97 Å². The zero-order valence-electron chi connectivity index (χ0n) is 13.9. The van der Waals surface area contributed by atoms with Gasteiger partial charge in [-0.3, -0.25) is 0 Å². The molecule has 2 aromatic rings. The van der Waals surface area contributed by atoms with Crippen molar-refractivity contribution in [2.75, 3.05) is 0 Å². The Morgan fingerprint density at radius 1 is 1.12 bits per heavy atom. The Bertz CT molecular complexity index is 760. The SMILES string of the molecule is CCc1c(CC)c(C(=O)O)n(Cc2ccccc2C(F)(F)F)c1C. The number of halogens is 3. The van der Waals surface area contributed by atoms with Crippen LogP contribution in [0.3, 0.4) is 0 Å². The zero-order chi connectivity index (χ0) is 18.1. The molecular formula is C18H20F3NO2. The van der Waals surface area contributed by atoms with Crippen LogP contribution >= 0.6 is 0 Å². The molecule has 1 N–H and O–H groups in total. The average molecular weight is 339 g/mol. The zero-order valence-corrected chi connectivity index (χ0v) is 13.9. The molecule has 6 heteroatoms. The Kier molecular flexibility index (Phi) is 5.06. The van der Waals surface area contributed by atoms with E-state index in [0.717, 1.165) is 11.6 Å². The summed E-state index contributed by atoms with van der Waals surface area (Å²) in [6, 6.07) is 5.29. The lowest BCUT2D eigenvalue weighted by molar-refractivity contribution is -0.138. The predicted molar refractivity (Wildman–Crippen MR) is 85.4 cm³/mol. The second kappa shape index (κ2) is 6.71. The van der Waals surface area contributed by atoms with Crippen LogP contribution < -0.4 is 0 Å². The topological polar surface area (TPSA) is 42.2 Å². The summed E-state index contributed by atoms with van der Waals surface area (Å²) in [5.74, 6) is -1.11. The molecule has 1 aromatic heterocycles. The van der Waals surface area contributed by atoms with Gasteiger partial charge in [-0.15, -0.1) is 0 Å². The van der Waals surface area contributed by atoms with E-state index in [1.165, 1.54) is 22.8 Å². The molecule has 0 amide bonds. The van der Waals surface area contributed by atoms with Gasteiger partial charge in [0.15, 0.2) is 0 Å². The second-order valence-corrected chi connectivity index (χ2v) is 5.64. The summed E-state index contributed by atoms with van der Waals surface area (Å²) in [4.78, 5) is 11.7. The number of aromatic nitrogens is 1. The standard InChI is InChI=1S/C18H20F3NO2/c1-4-13-11(3)22(16(17(23)24)14(13)5-2)10-12-8-6-7-9-15(12)18(19,20)21/h6-9H,4-5,10H2,1-3H3,(H,23,24). The van der Waals surface area contributed by atoms with Crippen LogP contribution in [-0.2, 0) is 25.6 Å². The molecule has 24 heavy (non-hydrogen) atoms. The van der Waals surface area contributed by atoms with Crippen molar-refractivity contribution in [2.24, 2.45) is 0 Å². The molecule has 0 aliphatic carbocycles. The van der Waals surface area contributed by atoms with Gasteiger partial charge in [0, 0.05) is 12.2 Å². The van der Waals surface area contributed by atoms with E-state index in [1.54, 1.807) is 6.92 Å². The van der Waals surface area contributed by atoms with Gasteiger partial charge in [0.2, 0.25) is 0 Å². The van der Waals surface area contributed by atoms with Gasteiger partial charge >= 0.3 is 12.1 Å². The highest BCUT2D eigenvalue weighted by molar-refractivity contribution is 5.88. The second-order valence-electron chi connectivity index (χ2n) is 5.64. The number of hydrogen-bond acceptors (Lipinski definition) is 1. The van der Waals surface area contributed by atoms with Crippen molar-refractivity contribution in [3.05, 3.63) is 57.9 Å². The van der Waals surface area contributed by atoms with E-state index in [2.05, 4.69) is 0 Å². The fourth-order valence-corrected chi connectivity index (χ4v) is 3.25. The predicted octanol–water partition coefficient (Wildman–Crippen LogP) is 4.69. The molecule has 0 spiro atoms. The Balaban J connectivity index is 2.64. The molecule has 0 bridgehead atoms. The third-order valence-corrected chi connectivity index (χ3v) is 4.32. The van der Waals surface area contributed by atoms with Crippen LogP contribution in [0.2, 0.25) is 0 Å². The Morgan fingerprint density at radius 2 is 1.71 bits per heavy atom. The van der Waals surface area contributed by atoms with Crippen LogP contribution in [0.4, 0.5) is 13.2 Å². The molecule has 0 aliphatic heterocycles. The highest BCUT2D eigenvalue weighted by atomic mass is 19.4. The van der Waals surface area contributed by atoms with Crippen LogP contribution in [0.5, 0.6) is 0 Å². The summed E-state index contributed by atoms with van der Waals surface area (Å²) in [7, 11) is 0. The van der Waals surface area contributed by atoms with Crippen LogP contribution in [0.25, 0.3) is 0 Å². The number of rotatable bonds is 5. The van der Waals surface area contributed by atoms with E-state index in [1.807, 2.05) is 13.8 Å². The maximum Gasteiger partial charge on any atom is 0.416 e. The number of carboxylic acids is 1. The van der Waals surface area contributed by atoms with Crippen molar-refractivity contribution in [3.8, 4) is 0 Å². The maximum absolute atomic E-state index is 13.2. The van der Waals surface area contributed by atoms with Crippen LogP contribution in [0.15, 0.2) is 24.3 Å². The fraction of sp³-hybridized carbons (Fsp3) is 0.389. The van der Waals surface area contributed by atoms with Gasteiger partial charge in [-0.25, -0.2) is 4.79 Å². The highest BCUT2D eigenvalue weighted by Crippen LogP contribution is 2.33. The molecule has 0 unspecified atom stereocenters. The summed E-state index contributed by atoms with van der Waals surface area (Å²) in [6.07, 6.45) is -3.30. The van der Waals surface area contributed by atoms with Gasteiger partial charge in [0.1, 0.15) is 5.69 Å². The first-order valence-electron chi connectivity index (χ1n) is 7.81. The first-order valence-corrected chi connectivity index (χ1v) is 7.81. The minimum Gasteiger partial charge on any atom is -0.477 e. The van der Waals surface area contributed by atoms with Crippen LogP contribution in [0.1, 0.15) is 52.3 Å². The molecule has 1 heterocycles. The minimum atomic E-state index is -4.47. The number of nitrogens with zero attached hydrogens (tertiary/aromatic N) is 1. The number of benzene rings is 1. The molecule has 0 aliphatic rings. The smallest absolute Gasteiger partial charge is 0.416 e. The normalized spacial score (nSPS) is 11.8. The Morgan fingerprint density at radius 3 is 2.21 bits per heavy atom. The number of carbonyl (C=O) groups is 1. The Labute approximate surface area is 138 Å². The summed E-state index contributed by atoms with van der Waals surface area (Å²) in [5.41, 5.74) is 1.74. The van der Waals surface area contributed by atoms with Gasteiger partial charge in [-0.2, -0.15) is 13.2 Å². The number of aromatic carboxylic acids is 1. The Hall–Kier alpha value is -2.24. The van der Waals surface area contributed by atoms with E-state index in [4.69, 9.17) is 0 Å². The van der Waals surface area contributed by atoms with Crippen molar-refractivity contribution < 1.29 is 23.1 Å². The molecular weight excluding hydrogens is 319 g/mol. The summed E-state index contributed by atoms with van der Waals surface area (Å²) < 4.78 is 41.1. The maximum atomic E-state index is 13.2. The molecule has 0 saturated carbocycles. The van der Waals surface area contributed by atoms with E-state index in [-0.39, 0.29) is 17.8 Å². The molecule has 0 fully saturated rings.